The van der Waals surface area contributed by atoms with E-state index in [1.807, 2.05) is 66.7 Å². The second kappa shape index (κ2) is 8.96. The normalized spacial score (nSPS) is 10.5. The van der Waals surface area contributed by atoms with Gasteiger partial charge in [0.15, 0.2) is 0 Å². The first-order chi connectivity index (χ1) is 14.7. The fourth-order valence-electron chi connectivity index (χ4n) is 3.11. The summed E-state index contributed by atoms with van der Waals surface area (Å²) in [5.41, 5.74) is 1.83. The molecule has 0 fully saturated rings. The fourth-order valence-corrected chi connectivity index (χ4v) is 3.11. The molecular formula is C24H20N4O2. The highest BCUT2D eigenvalue weighted by Crippen LogP contribution is 2.17. The van der Waals surface area contributed by atoms with Crippen molar-refractivity contribution in [2.45, 2.75) is 13.1 Å². The zero-order valence-electron chi connectivity index (χ0n) is 16.3. The van der Waals surface area contributed by atoms with E-state index in [1.54, 1.807) is 23.2 Å². The molecule has 0 N–H and O–H groups in total. The summed E-state index contributed by atoms with van der Waals surface area (Å²) in [4.78, 5) is 31.6. The van der Waals surface area contributed by atoms with Gasteiger partial charge in [0.05, 0.1) is 13.1 Å². The summed E-state index contributed by atoms with van der Waals surface area (Å²) in [6.45, 7) is 0.638. The third kappa shape index (κ3) is 4.50. The van der Waals surface area contributed by atoms with Crippen molar-refractivity contribution in [1.29, 1.82) is 0 Å². The van der Waals surface area contributed by atoms with E-state index in [0.717, 1.165) is 11.1 Å². The van der Waals surface area contributed by atoms with Crippen LogP contribution in [0.2, 0.25) is 0 Å². The maximum absolute atomic E-state index is 13.4. The van der Waals surface area contributed by atoms with Crippen LogP contribution in [0.25, 0.3) is 0 Å². The Labute approximate surface area is 174 Å². The van der Waals surface area contributed by atoms with Crippen LogP contribution in [-0.2, 0) is 13.1 Å². The molecule has 1 amide bonds. The van der Waals surface area contributed by atoms with E-state index in [1.165, 1.54) is 16.8 Å². The van der Waals surface area contributed by atoms with Crippen molar-refractivity contribution in [3.63, 3.8) is 0 Å². The van der Waals surface area contributed by atoms with Crippen LogP contribution >= 0.6 is 0 Å². The second-order valence-corrected chi connectivity index (χ2v) is 6.76. The number of anilines is 1. The molecule has 30 heavy (non-hydrogen) atoms. The summed E-state index contributed by atoms with van der Waals surface area (Å²) in [6, 6.07) is 27.5. The molecular weight excluding hydrogens is 376 g/mol. The van der Waals surface area contributed by atoms with Gasteiger partial charge in [0.2, 0.25) is 0 Å². The SMILES string of the molecule is O=C(c1ccc(=O)n(Cc2ccccc2)n1)N(Cc1ccccc1)c1ccccn1. The number of hydrogen-bond acceptors (Lipinski definition) is 4. The Hall–Kier alpha value is -4.06. The number of aromatic nitrogens is 3. The van der Waals surface area contributed by atoms with Crippen LogP contribution in [0.1, 0.15) is 21.6 Å². The van der Waals surface area contributed by atoms with Gasteiger partial charge in [-0.1, -0.05) is 66.7 Å². The first kappa shape index (κ1) is 19.3. The predicted octanol–water partition coefficient (Wildman–Crippen LogP) is 3.53. The quantitative estimate of drug-likeness (QED) is 0.500. The molecule has 0 spiro atoms. The lowest BCUT2D eigenvalue weighted by Crippen LogP contribution is -2.34. The Kier molecular flexibility index (Phi) is 5.75. The first-order valence-corrected chi connectivity index (χ1v) is 9.59. The van der Waals surface area contributed by atoms with Crippen molar-refractivity contribution in [3.05, 3.63) is 124 Å². The summed E-state index contributed by atoms with van der Waals surface area (Å²) >= 11 is 0. The lowest BCUT2D eigenvalue weighted by atomic mass is 10.2. The van der Waals surface area contributed by atoms with Crippen molar-refractivity contribution in [3.8, 4) is 0 Å². The van der Waals surface area contributed by atoms with E-state index in [9.17, 15) is 9.59 Å². The third-order valence-electron chi connectivity index (χ3n) is 4.62. The van der Waals surface area contributed by atoms with Gasteiger partial charge in [0.1, 0.15) is 11.5 Å². The number of rotatable bonds is 6. The van der Waals surface area contributed by atoms with Crippen LogP contribution in [0.15, 0.2) is 102 Å². The molecule has 0 aliphatic carbocycles. The van der Waals surface area contributed by atoms with Crippen LogP contribution in [-0.4, -0.2) is 20.7 Å². The highest BCUT2D eigenvalue weighted by molar-refractivity contribution is 6.04. The summed E-state index contributed by atoms with van der Waals surface area (Å²) in [5.74, 6) is 0.202. The zero-order valence-corrected chi connectivity index (χ0v) is 16.3. The average molecular weight is 396 g/mol. The molecule has 4 rings (SSSR count). The molecule has 2 aromatic carbocycles. The molecule has 0 aliphatic heterocycles. The molecule has 0 aliphatic rings. The lowest BCUT2D eigenvalue weighted by molar-refractivity contribution is 0.0977. The fraction of sp³-hybridized carbons (Fsp3) is 0.0833. The first-order valence-electron chi connectivity index (χ1n) is 9.59. The van der Waals surface area contributed by atoms with Crippen LogP contribution in [0.5, 0.6) is 0 Å². The van der Waals surface area contributed by atoms with Crippen molar-refractivity contribution in [2.75, 3.05) is 4.90 Å². The van der Waals surface area contributed by atoms with Gasteiger partial charge >= 0.3 is 0 Å². The van der Waals surface area contributed by atoms with Crippen LogP contribution in [0.3, 0.4) is 0 Å². The van der Waals surface area contributed by atoms with Gasteiger partial charge in [-0.25, -0.2) is 9.67 Å². The van der Waals surface area contributed by atoms with Gasteiger partial charge in [-0.3, -0.25) is 14.5 Å². The van der Waals surface area contributed by atoms with Crippen molar-refractivity contribution < 1.29 is 4.79 Å². The van der Waals surface area contributed by atoms with Gasteiger partial charge in [0.25, 0.3) is 11.5 Å². The van der Waals surface area contributed by atoms with Crippen molar-refractivity contribution >= 4 is 11.7 Å². The summed E-state index contributed by atoms with van der Waals surface area (Å²) in [6.07, 6.45) is 1.64. The molecule has 0 unspecified atom stereocenters. The molecule has 0 radical (unpaired) electrons. The van der Waals surface area contributed by atoms with Crippen LogP contribution < -0.4 is 10.5 Å². The Balaban J connectivity index is 1.67. The van der Waals surface area contributed by atoms with Gasteiger partial charge in [-0.05, 0) is 29.3 Å². The lowest BCUT2D eigenvalue weighted by Gasteiger charge is -2.21. The topological polar surface area (TPSA) is 68.1 Å². The molecule has 4 aromatic rings. The third-order valence-corrected chi connectivity index (χ3v) is 4.62. The van der Waals surface area contributed by atoms with Crippen molar-refractivity contribution in [2.24, 2.45) is 0 Å². The summed E-state index contributed by atoms with van der Waals surface area (Å²) < 4.78 is 1.31. The Morgan fingerprint density at radius 1 is 0.800 bits per heavy atom. The number of benzene rings is 2. The minimum Gasteiger partial charge on any atom is -0.287 e. The predicted molar refractivity (Wildman–Crippen MR) is 115 cm³/mol. The maximum atomic E-state index is 13.4. The van der Waals surface area contributed by atoms with E-state index in [4.69, 9.17) is 0 Å². The molecule has 6 nitrogen and oxygen atoms in total. The molecule has 6 heteroatoms. The highest BCUT2D eigenvalue weighted by atomic mass is 16.2. The number of amides is 1. The number of pyridine rings is 1. The molecule has 0 bridgehead atoms. The van der Waals surface area contributed by atoms with E-state index >= 15 is 0 Å². The minimum absolute atomic E-state index is 0.187. The molecule has 148 valence electrons. The Morgan fingerprint density at radius 3 is 2.13 bits per heavy atom. The van der Waals surface area contributed by atoms with Gasteiger partial charge < -0.3 is 0 Å². The second-order valence-electron chi connectivity index (χ2n) is 6.76. The molecule has 0 atom stereocenters. The van der Waals surface area contributed by atoms with Gasteiger partial charge in [0, 0.05) is 12.3 Å². The Bertz CT molecular complexity index is 1180. The van der Waals surface area contributed by atoms with E-state index < -0.39 is 0 Å². The molecule has 2 heterocycles. The number of nitrogens with zero attached hydrogens (tertiary/aromatic N) is 4. The van der Waals surface area contributed by atoms with E-state index in [0.29, 0.717) is 18.9 Å². The summed E-state index contributed by atoms with van der Waals surface area (Å²) in [5, 5.41) is 4.34. The highest BCUT2D eigenvalue weighted by Gasteiger charge is 2.21. The largest absolute Gasteiger partial charge is 0.287 e. The number of carbonyl (C=O) groups is 1. The number of hydrogen-bond donors (Lipinski definition) is 0. The standard InChI is InChI=1S/C24H20N4O2/c29-23-15-14-21(26-28(23)18-20-11-5-2-6-12-20)24(30)27(22-13-7-8-16-25-22)17-19-9-3-1-4-10-19/h1-16H,17-18H2. The summed E-state index contributed by atoms with van der Waals surface area (Å²) in [7, 11) is 0. The Morgan fingerprint density at radius 2 is 1.47 bits per heavy atom. The average Bonchev–Trinajstić information content (AvgIpc) is 2.80. The van der Waals surface area contributed by atoms with Crippen LogP contribution in [0, 0.1) is 0 Å². The molecule has 2 aromatic heterocycles. The maximum Gasteiger partial charge on any atom is 0.280 e. The molecule has 0 saturated heterocycles. The van der Waals surface area contributed by atoms with Crippen molar-refractivity contribution in [1.82, 2.24) is 14.8 Å². The molecule has 0 saturated carbocycles. The zero-order chi connectivity index (χ0) is 20.8. The number of carbonyl (C=O) groups excluding carboxylic acids is 1. The van der Waals surface area contributed by atoms with E-state index in [-0.39, 0.29) is 17.2 Å². The monoisotopic (exact) mass is 396 g/mol. The van der Waals surface area contributed by atoms with E-state index in [2.05, 4.69) is 10.1 Å². The van der Waals surface area contributed by atoms with Crippen LogP contribution in [0.4, 0.5) is 5.82 Å². The minimum atomic E-state index is -0.320. The van der Waals surface area contributed by atoms with Gasteiger partial charge in [-0.2, -0.15) is 5.10 Å². The smallest absolute Gasteiger partial charge is 0.280 e. The van der Waals surface area contributed by atoms with Gasteiger partial charge in [-0.15, -0.1) is 0 Å².